The fourth-order valence-corrected chi connectivity index (χ4v) is 8.36. The average molecular weight is 720 g/mol. The Hall–Kier alpha value is -3.37. The Balaban J connectivity index is 1.48. The van der Waals surface area contributed by atoms with Gasteiger partial charge in [0, 0.05) is 24.3 Å². The fourth-order valence-electron chi connectivity index (χ4n) is 4.67. The van der Waals surface area contributed by atoms with Gasteiger partial charge >= 0.3 is 18.6 Å². The molecule has 11 nitrogen and oxygen atoms in total. The van der Waals surface area contributed by atoms with Crippen molar-refractivity contribution < 1.29 is 50.8 Å². The number of carbonyl (C=O) groups is 2. The van der Waals surface area contributed by atoms with Crippen molar-refractivity contribution >= 4 is 56.9 Å². The molecule has 2 fully saturated rings. The van der Waals surface area contributed by atoms with Crippen LogP contribution in [0, 0.1) is 11.1 Å². The van der Waals surface area contributed by atoms with E-state index in [2.05, 4.69) is 4.74 Å². The fraction of sp³-hybridized carbons (Fsp3) is 0.345. The van der Waals surface area contributed by atoms with E-state index in [4.69, 9.17) is 32.7 Å². The molecule has 0 bridgehead atoms. The number of nitrogens with zero attached hydrogens (tertiary/aromatic N) is 2. The maximum Gasteiger partial charge on any atom is 0.387 e. The predicted octanol–water partition coefficient (Wildman–Crippen LogP) is 5.31. The second-order valence-electron chi connectivity index (χ2n) is 10.4. The molecule has 1 saturated heterocycles. The summed E-state index contributed by atoms with van der Waals surface area (Å²) in [7, 11) is -4.34. The number of hydrogen-bond donors (Lipinski definition) is 1. The molecule has 1 aromatic heterocycles. The van der Waals surface area contributed by atoms with E-state index >= 15 is 0 Å². The summed E-state index contributed by atoms with van der Waals surface area (Å²) in [5.41, 5.74) is 0.246. The minimum atomic E-state index is -4.34. The monoisotopic (exact) mass is 718 g/mol. The molecule has 2 heterocycles. The van der Waals surface area contributed by atoms with Crippen LogP contribution in [-0.2, 0) is 26.0 Å². The Bertz CT molecular complexity index is 1720. The third-order valence-electron chi connectivity index (χ3n) is 7.17. The van der Waals surface area contributed by atoms with Crippen molar-refractivity contribution in [3.05, 3.63) is 86.8 Å². The molecule has 5 rings (SSSR count). The van der Waals surface area contributed by atoms with Gasteiger partial charge in [0.05, 0.1) is 17.1 Å². The zero-order chi connectivity index (χ0) is 33.2. The number of pyridine rings is 1. The van der Waals surface area contributed by atoms with Crippen molar-refractivity contribution in [3.8, 4) is 11.5 Å². The van der Waals surface area contributed by atoms with Gasteiger partial charge in [-0.25, -0.2) is 18.0 Å². The smallest absolute Gasteiger partial charge is 0.387 e. The average Bonchev–Trinajstić information content (AvgIpc) is 3.69. The van der Waals surface area contributed by atoms with Crippen LogP contribution in [0.15, 0.2) is 59.8 Å². The lowest BCUT2D eigenvalue weighted by Gasteiger charge is -2.26. The number of carbonyl (C=O) groups excluding carboxylic acids is 1. The predicted molar refractivity (Wildman–Crippen MR) is 163 cm³/mol. The van der Waals surface area contributed by atoms with Gasteiger partial charge in [0.2, 0.25) is 10.0 Å². The van der Waals surface area contributed by atoms with Crippen LogP contribution in [0.2, 0.25) is 10.0 Å². The van der Waals surface area contributed by atoms with E-state index in [-0.39, 0.29) is 74.4 Å². The van der Waals surface area contributed by atoms with Gasteiger partial charge in [-0.3, -0.25) is 0 Å². The van der Waals surface area contributed by atoms with Gasteiger partial charge < -0.3 is 24.5 Å². The van der Waals surface area contributed by atoms with Crippen molar-refractivity contribution in [2.24, 2.45) is 5.92 Å². The summed E-state index contributed by atoms with van der Waals surface area (Å²) in [6.45, 7) is -2.94. The summed E-state index contributed by atoms with van der Waals surface area (Å²) < 4.78 is 71.0. The number of carboxylic acids is 1. The summed E-state index contributed by atoms with van der Waals surface area (Å²) in [4.78, 5) is 24.8. The topological polar surface area (TPSA) is 146 Å². The molecule has 1 aliphatic heterocycles. The van der Waals surface area contributed by atoms with Crippen LogP contribution in [0.5, 0.6) is 11.5 Å². The van der Waals surface area contributed by atoms with E-state index in [1.165, 1.54) is 36.4 Å². The quantitative estimate of drug-likeness (QED) is 0.140. The largest absolute Gasteiger partial charge is 0.619 e. The number of hydrogen-bond acceptors (Lipinski definition) is 9. The highest BCUT2D eigenvalue weighted by molar-refractivity contribution is 8.02. The molecular weight excluding hydrogens is 693 g/mol. The van der Waals surface area contributed by atoms with E-state index < -0.39 is 40.1 Å². The number of alkyl halides is 2. The third-order valence-corrected chi connectivity index (χ3v) is 11.0. The maximum atomic E-state index is 13.7. The number of rotatable bonds is 13. The Labute approximate surface area is 276 Å². The van der Waals surface area contributed by atoms with Gasteiger partial charge in [0.15, 0.2) is 29.3 Å². The highest BCUT2D eigenvalue weighted by Crippen LogP contribution is 2.39. The molecular formula is C29H26Cl2F2N2O9S2. The van der Waals surface area contributed by atoms with Crippen LogP contribution in [0.3, 0.4) is 0 Å². The molecule has 1 N–H and O–H groups in total. The molecule has 0 spiro atoms. The Kier molecular flexibility index (Phi) is 10.5. The van der Waals surface area contributed by atoms with Crippen LogP contribution in [0.4, 0.5) is 8.78 Å². The zero-order valence-electron chi connectivity index (χ0n) is 23.7. The standard InChI is InChI=1S/C29H26Cl2F2N2O9S2/c30-21-13-34(39)14-22(31)20(21)12-24(17-6-7-23(44-29(32)33)25(11-17)42-15-16-4-5-16)43-28(38)26-35(8-9-45-26)46(40,41)19-3-1-2-18(10-19)27(36)37/h1-3,6-7,10-11,13-14,16,24,26,29H,4-5,8-9,12,15H2,(H,36,37)/t24-,26+/m0/s1. The van der Waals surface area contributed by atoms with Crippen LogP contribution in [0.1, 0.15) is 40.4 Å². The molecule has 1 aliphatic carbocycles. The first kappa shape index (κ1) is 34.0. The van der Waals surface area contributed by atoms with Gasteiger partial charge in [-0.2, -0.15) is 17.8 Å². The summed E-state index contributed by atoms with van der Waals surface area (Å²) in [6, 6.07) is 8.75. The second kappa shape index (κ2) is 14.2. The summed E-state index contributed by atoms with van der Waals surface area (Å²) in [6.07, 6.45) is 2.56. The molecule has 2 atom stereocenters. The second-order valence-corrected chi connectivity index (χ2v) is 14.3. The lowest BCUT2D eigenvalue weighted by molar-refractivity contribution is -0.605. The minimum Gasteiger partial charge on any atom is -0.619 e. The molecule has 1 saturated carbocycles. The van der Waals surface area contributed by atoms with E-state index in [1.807, 2.05) is 0 Å². The summed E-state index contributed by atoms with van der Waals surface area (Å²) >= 11 is 13.6. The number of ether oxygens (including phenoxy) is 3. The Morgan fingerprint density at radius 2 is 1.83 bits per heavy atom. The first-order valence-electron chi connectivity index (χ1n) is 13.8. The number of carboxylic acid groups (broad SMARTS) is 1. The third kappa shape index (κ3) is 7.94. The van der Waals surface area contributed by atoms with E-state index in [0.717, 1.165) is 47.4 Å². The van der Waals surface area contributed by atoms with Crippen molar-refractivity contribution in [2.75, 3.05) is 18.9 Å². The van der Waals surface area contributed by atoms with Gasteiger partial charge in [0.25, 0.3) is 0 Å². The van der Waals surface area contributed by atoms with Gasteiger partial charge in [-0.15, -0.1) is 11.8 Å². The van der Waals surface area contributed by atoms with E-state index in [1.54, 1.807) is 0 Å². The van der Waals surface area contributed by atoms with E-state index in [0.29, 0.717) is 4.73 Å². The molecule has 17 heteroatoms. The Morgan fingerprint density at radius 1 is 1.11 bits per heavy atom. The highest BCUT2D eigenvalue weighted by Gasteiger charge is 2.42. The molecule has 2 aromatic carbocycles. The number of aromatic nitrogens is 1. The normalized spacial score (nSPS) is 17.5. The van der Waals surface area contributed by atoms with Gasteiger partial charge in [0.1, 0.15) is 16.1 Å². The SMILES string of the molecule is O=C(O)c1cccc(S(=O)(=O)N2CCS[C@@H]2C(=O)O[C@@H](Cc2c(Cl)c[n+]([O-])cc2Cl)c2ccc(OC(F)F)c(OCC3CC3)c2)c1. The van der Waals surface area contributed by atoms with Crippen LogP contribution in [-0.4, -0.2) is 60.7 Å². The summed E-state index contributed by atoms with van der Waals surface area (Å²) in [5.74, 6) is -2.04. The first-order chi connectivity index (χ1) is 21.8. The molecule has 0 amide bonds. The molecule has 0 radical (unpaired) electrons. The number of aromatic carboxylic acids is 1. The van der Waals surface area contributed by atoms with Crippen LogP contribution < -0.4 is 14.2 Å². The van der Waals surface area contributed by atoms with Crippen molar-refractivity contribution in [2.45, 2.75) is 42.2 Å². The van der Waals surface area contributed by atoms with E-state index in [9.17, 15) is 37.1 Å². The molecule has 0 unspecified atom stereocenters. The lowest BCUT2D eigenvalue weighted by atomic mass is 10.0. The number of thioether (sulfide) groups is 1. The molecule has 46 heavy (non-hydrogen) atoms. The zero-order valence-corrected chi connectivity index (χ0v) is 26.8. The Morgan fingerprint density at radius 3 is 2.48 bits per heavy atom. The van der Waals surface area contributed by atoms with Gasteiger partial charge in [-0.05, 0) is 54.7 Å². The molecule has 2 aliphatic rings. The lowest BCUT2D eigenvalue weighted by Crippen LogP contribution is -2.40. The maximum absolute atomic E-state index is 13.7. The van der Waals surface area contributed by atoms with Gasteiger partial charge in [-0.1, -0.05) is 35.3 Å². The molecule has 3 aromatic rings. The van der Waals surface area contributed by atoms with Crippen molar-refractivity contribution in [3.63, 3.8) is 0 Å². The number of sulfonamides is 1. The highest BCUT2D eigenvalue weighted by atomic mass is 35.5. The number of benzene rings is 2. The summed E-state index contributed by atoms with van der Waals surface area (Å²) in [5, 5.41) is 19.8. The first-order valence-corrected chi connectivity index (χ1v) is 17.0. The van der Waals surface area contributed by atoms with Crippen molar-refractivity contribution in [1.29, 1.82) is 0 Å². The molecule has 246 valence electrons. The number of esters is 1. The minimum absolute atomic E-state index is 0.0221. The number of halogens is 4. The van der Waals surface area contributed by atoms with Crippen molar-refractivity contribution in [1.82, 2.24) is 4.31 Å². The van der Waals surface area contributed by atoms with Crippen LogP contribution in [0.25, 0.3) is 0 Å². The van der Waals surface area contributed by atoms with Crippen LogP contribution >= 0.6 is 35.0 Å².